The Balaban J connectivity index is 1.73. The van der Waals surface area contributed by atoms with Crippen LogP contribution in [0, 0.1) is 0 Å². The van der Waals surface area contributed by atoms with Gasteiger partial charge in [-0.25, -0.2) is 4.79 Å². The first-order valence-electron chi connectivity index (χ1n) is 7.47. The van der Waals surface area contributed by atoms with Crippen LogP contribution in [0.25, 0.3) is 0 Å². The number of hydrogen-bond donors (Lipinski definition) is 3. The van der Waals surface area contributed by atoms with Gasteiger partial charge in [0.05, 0.1) is 5.56 Å². The minimum absolute atomic E-state index is 0.0168. The molecule has 2 rings (SSSR count). The molecular weight excluding hydrogens is 268 g/mol. The summed E-state index contributed by atoms with van der Waals surface area (Å²) in [7, 11) is 0. The summed E-state index contributed by atoms with van der Waals surface area (Å²) in [4.78, 5) is 22.7. The third-order valence-corrected chi connectivity index (χ3v) is 3.80. The highest BCUT2D eigenvalue weighted by Crippen LogP contribution is 2.11. The van der Waals surface area contributed by atoms with Crippen LogP contribution in [0.15, 0.2) is 24.3 Å². The molecule has 21 heavy (non-hydrogen) atoms. The number of rotatable bonds is 6. The van der Waals surface area contributed by atoms with Crippen molar-refractivity contribution in [1.29, 1.82) is 0 Å². The number of carboxylic acids is 1. The molecule has 0 spiro atoms. The number of carboxylic acid groups (broad SMARTS) is 1. The normalized spacial score (nSPS) is 18.2. The highest BCUT2D eigenvalue weighted by Gasteiger charge is 2.13. The zero-order valence-corrected chi connectivity index (χ0v) is 12.1. The molecule has 1 unspecified atom stereocenters. The summed E-state index contributed by atoms with van der Waals surface area (Å²) in [5.41, 5.74) is 1.05. The van der Waals surface area contributed by atoms with Crippen LogP contribution >= 0.6 is 0 Å². The van der Waals surface area contributed by atoms with E-state index in [0.29, 0.717) is 19.0 Å². The Bertz CT molecular complexity index is 496. The van der Waals surface area contributed by atoms with Crippen molar-refractivity contribution in [2.24, 2.45) is 0 Å². The van der Waals surface area contributed by atoms with Crippen molar-refractivity contribution in [3.8, 4) is 0 Å². The SMILES string of the molecule is O=C(CCC1CCCCN1)NCc1cccc(C(=O)O)c1. The largest absolute Gasteiger partial charge is 0.478 e. The van der Waals surface area contributed by atoms with Crippen LogP contribution in [-0.4, -0.2) is 29.6 Å². The third kappa shape index (κ3) is 5.19. The summed E-state index contributed by atoms with van der Waals surface area (Å²) < 4.78 is 0. The van der Waals surface area contributed by atoms with Crippen LogP contribution in [-0.2, 0) is 11.3 Å². The number of amides is 1. The first-order valence-corrected chi connectivity index (χ1v) is 7.47. The van der Waals surface area contributed by atoms with Crippen LogP contribution in [0.2, 0.25) is 0 Å². The monoisotopic (exact) mass is 290 g/mol. The van der Waals surface area contributed by atoms with Gasteiger partial charge in [-0.2, -0.15) is 0 Å². The minimum atomic E-state index is -0.952. The zero-order chi connectivity index (χ0) is 15.1. The van der Waals surface area contributed by atoms with Gasteiger partial charge in [0.1, 0.15) is 0 Å². The van der Waals surface area contributed by atoms with Crippen LogP contribution < -0.4 is 10.6 Å². The molecular formula is C16H22N2O3. The maximum atomic E-state index is 11.8. The van der Waals surface area contributed by atoms with E-state index in [4.69, 9.17) is 5.11 Å². The lowest BCUT2D eigenvalue weighted by Crippen LogP contribution is -2.35. The highest BCUT2D eigenvalue weighted by atomic mass is 16.4. The van der Waals surface area contributed by atoms with Crippen molar-refractivity contribution < 1.29 is 14.7 Å². The van der Waals surface area contributed by atoms with Gasteiger partial charge in [0.2, 0.25) is 5.91 Å². The standard InChI is InChI=1S/C16H22N2O3/c19-15(8-7-14-6-1-2-9-17-14)18-11-12-4-3-5-13(10-12)16(20)21/h3-5,10,14,17H,1-2,6-9,11H2,(H,18,19)(H,20,21). The summed E-state index contributed by atoms with van der Waals surface area (Å²) >= 11 is 0. The molecule has 0 aromatic heterocycles. The Morgan fingerprint density at radius 1 is 1.33 bits per heavy atom. The Morgan fingerprint density at radius 3 is 2.90 bits per heavy atom. The van der Waals surface area contributed by atoms with Crippen LogP contribution in [0.5, 0.6) is 0 Å². The molecule has 0 aliphatic carbocycles. The molecule has 5 heteroatoms. The average Bonchev–Trinajstić information content (AvgIpc) is 2.52. The number of hydrogen-bond acceptors (Lipinski definition) is 3. The van der Waals surface area contributed by atoms with Gasteiger partial charge >= 0.3 is 5.97 Å². The molecule has 3 N–H and O–H groups in total. The van der Waals surface area contributed by atoms with E-state index in [1.807, 2.05) is 6.07 Å². The Labute approximate surface area is 124 Å². The predicted molar refractivity (Wildman–Crippen MR) is 80.1 cm³/mol. The van der Waals surface area contributed by atoms with E-state index in [9.17, 15) is 9.59 Å². The topological polar surface area (TPSA) is 78.4 Å². The van der Waals surface area contributed by atoms with Crippen molar-refractivity contribution in [3.63, 3.8) is 0 Å². The molecule has 1 aliphatic rings. The van der Waals surface area contributed by atoms with Crippen LogP contribution in [0.3, 0.4) is 0 Å². The third-order valence-electron chi connectivity index (χ3n) is 3.80. The highest BCUT2D eigenvalue weighted by molar-refractivity contribution is 5.87. The smallest absolute Gasteiger partial charge is 0.335 e. The van der Waals surface area contributed by atoms with E-state index in [1.165, 1.54) is 12.8 Å². The van der Waals surface area contributed by atoms with Gasteiger partial charge in [-0.05, 0) is 43.5 Å². The summed E-state index contributed by atoms with van der Waals surface area (Å²) in [6.07, 6.45) is 4.98. The quantitative estimate of drug-likeness (QED) is 0.748. The fraction of sp³-hybridized carbons (Fsp3) is 0.500. The lowest BCUT2D eigenvalue weighted by atomic mass is 10.0. The van der Waals surface area contributed by atoms with E-state index in [0.717, 1.165) is 24.9 Å². The van der Waals surface area contributed by atoms with Crippen molar-refractivity contribution in [1.82, 2.24) is 10.6 Å². The minimum Gasteiger partial charge on any atom is -0.478 e. The van der Waals surface area contributed by atoms with Crippen molar-refractivity contribution >= 4 is 11.9 Å². The molecule has 1 fully saturated rings. The average molecular weight is 290 g/mol. The molecule has 1 saturated heterocycles. The van der Waals surface area contributed by atoms with E-state index in [2.05, 4.69) is 10.6 Å². The molecule has 1 aromatic carbocycles. The van der Waals surface area contributed by atoms with Gasteiger partial charge in [-0.3, -0.25) is 4.79 Å². The lowest BCUT2D eigenvalue weighted by Gasteiger charge is -2.23. The van der Waals surface area contributed by atoms with E-state index < -0.39 is 5.97 Å². The van der Waals surface area contributed by atoms with Crippen molar-refractivity contribution in [2.45, 2.75) is 44.7 Å². The second kappa shape index (κ2) is 7.78. The first-order chi connectivity index (χ1) is 10.1. The summed E-state index contributed by atoms with van der Waals surface area (Å²) in [5, 5.41) is 15.2. The Hall–Kier alpha value is -1.88. The predicted octanol–water partition coefficient (Wildman–Crippen LogP) is 1.92. The fourth-order valence-corrected chi connectivity index (χ4v) is 2.58. The second-order valence-corrected chi connectivity index (χ2v) is 5.47. The summed E-state index contributed by atoms with van der Waals surface area (Å²) in [6.45, 7) is 1.42. The van der Waals surface area contributed by atoms with Gasteiger partial charge in [0.15, 0.2) is 0 Å². The summed E-state index contributed by atoms with van der Waals surface area (Å²) in [5.74, 6) is -0.936. The molecule has 1 amide bonds. The van der Waals surface area contributed by atoms with Gasteiger partial charge in [0.25, 0.3) is 0 Å². The van der Waals surface area contributed by atoms with Crippen LogP contribution in [0.1, 0.15) is 48.0 Å². The maximum absolute atomic E-state index is 11.8. The molecule has 1 aliphatic heterocycles. The molecule has 114 valence electrons. The molecule has 1 aromatic rings. The Kier molecular flexibility index (Phi) is 5.75. The van der Waals surface area contributed by atoms with Gasteiger partial charge < -0.3 is 15.7 Å². The fourth-order valence-electron chi connectivity index (χ4n) is 2.58. The van der Waals surface area contributed by atoms with Crippen molar-refractivity contribution in [3.05, 3.63) is 35.4 Å². The molecule has 0 saturated carbocycles. The number of carbonyl (C=O) groups is 2. The van der Waals surface area contributed by atoms with Gasteiger partial charge in [0, 0.05) is 19.0 Å². The summed E-state index contributed by atoms with van der Waals surface area (Å²) in [6, 6.07) is 7.10. The maximum Gasteiger partial charge on any atom is 0.335 e. The van der Waals surface area contributed by atoms with Crippen LogP contribution in [0.4, 0.5) is 0 Å². The number of aromatic carboxylic acids is 1. The second-order valence-electron chi connectivity index (χ2n) is 5.47. The number of carbonyl (C=O) groups excluding carboxylic acids is 1. The first kappa shape index (κ1) is 15.5. The van der Waals surface area contributed by atoms with E-state index in [-0.39, 0.29) is 11.5 Å². The molecule has 0 bridgehead atoms. The number of benzene rings is 1. The lowest BCUT2D eigenvalue weighted by molar-refractivity contribution is -0.121. The molecule has 1 heterocycles. The Morgan fingerprint density at radius 2 is 2.19 bits per heavy atom. The molecule has 1 atom stereocenters. The van der Waals surface area contributed by atoms with Crippen molar-refractivity contribution in [2.75, 3.05) is 6.54 Å². The molecule has 0 radical (unpaired) electrons. The van der Waals surface area contributed by atoms with Gasteiger partial charge in [-0.1, -0.05) is 18.6 Å². The zero-order valence-electron chi connectivity index (χ0n) is 12.1. The van der Waals surface area contributed by atoms with Gasteiger partial charge in [-0.15, -0.1) is 0 Å². The van der Waals surface area contributed by atoms with E-state index >= 15 is 0 Å². The van der Waals surface area contributed by atoms with E-state index in [1.54, 1.807) is 18.2 Å². The molecule has 5 nitrogen and oxygen atoms in total. The number of piperidine rings is 1. The number of nitrogens with one attached hydrogen (secondary N) is 2.